The van der Waals surface area contributed by atoms with Gasteiger partial charge in [-0.25, -0.2) is 4.79 Å². The number of H-pyrrole nitrogens is 2. The van der Waals surface area contributed by atoms with Gasteiger partial charge in [0.15, 0.2) is 5.76 Å². The summed E-state index contributed by atoms with van der Waals surface area (Å²) in [6, 6.07) is 13.1. The third kappa shape index (κ3) is 3.07. The van der Waals surface area contributed by atoms with E-state index in [-0.39, 0.29) is 23.6 Å². The summed E-state index contributed by atoms with van der Waals surface area (Å²) in [4.78, 5) is 40.6. The number of aromatic nitrogens is 3. The van der Waals surface area contributed by atoms with Crippen LogP contribution in [0.25, 0.3) is 11.0 Å². The Morgan fingerprint density at radius 2 is 1.88 bits per heavy atom. The zero-order valence-electron chi connectivity index (χ0n) is 13.5. The molecule has 1 aromatic carbocycles. The summed E-state index contributed by atoms with van der Waals surface area (Å²) in [5.74, 6) is 0.203. The first-order valence-corrected chi connectivity index (χ1v) is 7.86. The minimum atomic E-state index is -0.422. The number of nitrogens with zero attached hydrogens (tertiary/aromatic N) is 1. The number of hydrogen-bond acceptors (Lipinski definition) is 4. The van der Waals surface area contributed by atoms with Crippen molar-refractivity contribution in [3.05, 3.63) is 87.1 Å². The van der Waals surface area contributed by atoms with Gasteiger partial charge < -0.3 is 24.3 Å². The smallest absolute Gasteiger partial charge is 0.323 e. The first-order chi connectivity index (χ1) is 12.6. The number of rotatable bonds is 4. The van der Waals surface area contributed by atoms with Crippen LogP contribution in [0, 0.1) is 0 Å². The van der Waals surface area contributed by atoms with E-state index in [2.05, 4.69) is 15.3 Å². The molecular formula is C18H14N4O4. The molecule has 3 heterocycles. The molecule has 130 valence electrons. The zero-order chi connectivity index (χ0) is 18.1. The maximum absolute atomic E-state index is 12.3. The van der Waals surface area contributed by atoms with Crippen molar-refractivity contribution in [2.24, 2.45) is 0 Å². The van der Waals surface area contributed by atoms with Gasteiger partial charge in [0.1, 0.15) is 5.76 Å². The average Bonchev–Trinajstić information content (AvgIpc) is 3.22. The monoisotopic (exact) mass is 350 g/mol. The molecule has 8 nitrogen and oxygen atoms in total. The van der Waals surface area contributed by atoms with Crippen LogP contribution in [-0.2, 0) is 6.54 Å². The highest BCUT2D eigenvalue weighted by Crippen LogP contribution is 2.16. The van der Waals surface area contributed by atoms with E-state index >= 15 is 0 Å². The van der Waals surface area contributed by atoms with Gasteiger partial charge in [-0.05, 0) is 36.4 Å². The molecule has 0 bridgehead atoms. The number of fused-ring (bicyclic) bond motifs is 1. The number of hydrogen-bond donors (Lipinski definition) is 3. The van der Waals surface area contributed by atoms with Gasteiger partial charge in [0.2, 0.25) is 0 Å². The topological polar surface area (TPSA) is 113 Å². The Morgan fingerprint density at radius 3 is 2.73 bits per heavy atom. The van der Waals surface area contributed by atoms with Crippen LogP contribution < -0.4 is 16.6 Å². The van der Waals surface area contributed by atoms with E-state index in [4.69, 9.17) is 4.42 Å². The molecule has 26 heavy (non-hydrogen) atoms. The van der Waals surface area contributed by atoms with Crippen LogP contribution in [0.2, 0.25) is 0 Å². The van der Waals surface area contributed by atoms with E-state index in [1.165, 1.54) is 10.6 Å². The second kappa shape index (κ2) is 6.25. The minimum Gasteiger partial charge on any atom is -0.454 e. The number of anilines is 1. The van der Waals surface area contributed by atoms with Gasteiger partial charge in [0.25, 0.3) is 11.5 Å². The quantitative estimate of drug-likeness (QED) is 0.522. The van der Waals surface area contributed by atoms with Gasteiger partial charge in [-0.2, -0.15) is 0 Å². The second-order valence-electron chi connectivity index (χ2n) is 5.73. The van der Waals surface area contributed by atoms with Crippen molar-refractivity contribution in [2.45, 2.75) is 6.54 Å². The Kier molecular flexibility index (Phi) is 3.77. The lowest BCUT2D eigenvalue weighted by Crippen LogP contribution is -2.18. The average molecular weight is 350 g/mol. The number of carbonyl (C=O) groups is 1. The summed E-state index contributed by atoms with van der Waals surface area (Å²) in [6.45, 7) is 0.240. The van der Waals surface area contributed by atoms with Crippen LogP contribution in [0.1, 0.15) is 16.3 Å². The Balaban J connectivity index is 1.51. The molecule has 0 aliphatic rings. The minimum absolute atomic E-state index is 0.131. The number of nitrogens with one attached hydrogen (secondary N) is 3. The predicted molar refractivity (Wildman–Crippen MR) is 95.4 cm³/mol. The highest BCUT2D eigenvalue weighted by Gasteiger charge is 2.12. The molecule has 0 atom stereocenters. The molecule has 0 aliphatic heterocycles. The Labute approximate surface area is 146 Å². The van der Waals surface area contributed by atoms with Crippen LogP contribution in [-0.4, -0.2) is 20.4 Å². The molecule has 3 N–H and O–H groups in total. The molecule has 0 unspecified atom stereocenters. The van der Waals surface area contributed by atoms with Gasteiger partial charge >= 0.3 is 5.69 Å². The standard InChI is InChI=1S/C18H14N4O4/c23-16-3-1-2-8-22(16)10-12-5-7-15(26-12)17(24)19-11-4-6-13-14(9-11)21-18(25)20-13/h1-9H,10H2,(H,19,24)(H2,20,21,25). The number of amides is 1. The van der Waals surface area contributed by atoms with Crippen molar-refractivity contribution >= 4 is 22.6 Å². The van der Waals surface area contributed by atoms with Crippen molar-refractivity contribution in [1.29, 1.82) is 0 Å². The van der Waals surface area contributed by atoms with Gasteiger partial charge in [-0.3, -0.25) is 9.59 Å². The molecule has 0 fully saturated rings. The van der Waals surface area contributed by atoms with E-state index in [0.29, 0.717) is 22.5 Å². The van der Waals surface area contributed by atoms with Crippen LogP contribution in [0.15, 0.2) is 68.7 Å². The van der Waals surface area contributed by atoms with Crippen molar-refractivity contribution < 1.29 is 9.21 Å². The molecule has 1 amide bonds. The van der Waals surface area contributed by atoms with E-state index in [0.717, 1.165) is 0 Å². The van der Waals surface area contributed by atoms with Crippen LogP contribution in [0.4, 0.5) is 5.69 Å². The van der Waals surface area contributed by atoms with Gasteiger partial charge in [0.05, 0.1) is 17.6 Å². The van der Waals surface area contributed by atoms with Gasteiger partial charge in [-0.1, -0.05) is 6.07 Å². The maximum atomic E-state index is 12.3. The molecule has 0 aliphatic carbocycles. The summed E-state index contributed by atoms with van der Waals surface area (Å²) in [5.41, 5.74) is 1.31. The van der Waals surface area contributed by atoms with Crippen molar-refractivity contribution in [2.75, 3.05) is 5.32 Å². The lowest BCUT2D eigenvalue weighted by Gasteiger charge is -2.04. The first-order valence-electron chi connectivity index (χ1n) is 7.86. The van der Waals surface area contributed by atoms with Crippen molar-refractivity contribution in [3.63, 3.8) is 0 Å². The SMILES string of the molecule is O=C(Nc1ccc2[nH]c(=O)[nH]c2c1)c1ccc(Cn2ccccc2=O)o1. The lowest BCUT2D eigenvalue weighted by atomic mass is 10.2. The fourth-order valence-electron chi connectivity index (χ4n) is 2.65. The van der Waals surface area contributed by atoms with Gasteiger partial charge in [-0.15, -0.1) is 0 Å². The molecule has 0 spiro atoms. The summed E-state index contributed by atoms with van der Waals surface area (Å²) < 4.78 is 7.02. The number of carbonyl (C=O) groups excluding carboxylic acids is 1. The Bertz CT molecular complexity index is 1210. The molecule has 0 radical (unpaired) electrons. The second-order valence-corrected chi connectivity index (χ2v) is 5.73. The summed E-state index contributed by atoms with van der Waals surface area (Å²) in [5, 5.41) is 2.71. The largest absolute Gasteiger partial charge is 0.454 e. The Morgan fingerprint density at radius 1 is 1.04 bits per heavy atom. The molecular weight excluding hydrogens is 336 g/mol. The summed E-state index contributed by atoms with van der Waals surface area (Å²) in [6.07, 6.45) is 1.65. The summed E-state index contributed by atoms with van der Waals surface area (Å²) >= 11 is 0. The number of pyridine rings is 1. The van der Waals surface area contributed by atoms with E-state index in [9.17, 15) is 14.4 Å². The third-order valence-electron chi connectivity index (χ3n) is 3.88. The highest BCUT2D eigenvalue weighted by molar-refractivity contribution is 6.03. The molecule has 4 rings (SSSR count). The maximum Gasteiger partial charge on any atom is 0.323 e. The predicted octanol–water partition coefficient (Wildman–Crippen LogP) is 1.91. The third-order valence-corrected chi connectivity index (χ3v) is 3.88. The lowest BCUT2D eigenvalue weighted by molar-refractivity contribution is 0.0995. The van der Waals surface area contributed by atoms with Crippen molar-refractivity contribution in [3.8, 4) is 0 Å². The zero-order valence-corrected chi connectivity index (χ0v) is 13.5. The fourth-order valence-corrected chi connectivity index (χ4v) is 2.65. The molecule has 0 saturated heterocycles. The molecule has 3 aromatic heterocycles. The Hall–Kier alpha value is -3.81. The van der Waals surface area contributed by atoms with Crippen molar-refractivity contribution in [1.82, 2.24) is 14.5 Å². The molecule has 0 saturated carbocycles. The number of benzene rings is 1. The van der Waals surface area contributed by atoms with Crippen LogP contribution >= 0.6 is 0 Å². The van der Waals surface area contributed by atoms with E-state index in [1.54, 1.807) is 48.7 Å². The van der Waals surface area contributed by atoms with E-state index < -0.39 is 5.91 Å². The number of furan rings is 1. The molecule has 4 aromatic rings. The normalized spacial score (nSPS) is 10.9. The first kappa shape index (κ1) is 15.7. The van der Waals surface area contributed by atoms with Crippen LogP contribution in [0.5, 0.6) is 0 Å². The molecule has 8 heteroatoms. The van der Waals surface area contributed by atoms with Gasteiger partial charge in [0, 0.05) is 18.0 Å². The summed E-state index contributed by atoms with van der Waals surface area (Å²) in [7, 11) is 0. The van der Waals surface area contributed by atoms with E-state index in [1.807, 2.05) is 0 Å². The fraction of sp³-hybridized carbons (Fsp3) is 0.0556. The van der Waals surface area contributed by atoms with Crippen LogP contribution in [0.3, 0.4) is 0 Å². The highest BCUT2D eigenvalue weighted by atomic mass is 16.4. The number of imidazole rings is 1. The number of aromatic amines is 2.